The Kier molecular flexibility index (Phi) is 3.46. The van der Waals surface area contributed by atoms with Gasteiger partial charge in [0.1, 0.15) is 11.7 Å². The standard InChI is InChI=1S/C10H16O3/c1-3-8(10(12)13-2)9(11)7-5-4-6-7/h7-8H,3-6H2,1-2H3. The summed E-state index contributed by atoms with van der Waals surface area (Å²) in [5, 5.41) is 0. The molecule has 3 nitrogen and oxygen atoms in total. The number of rotatable bonds is 4. The van der Waals surface area contributed by atoms with E-state index in [1.165, 1.54) is 7.11 Å². The summed E-state index contributed by atoms with van der Waals surface area (Å²) < 4.78 is 4.58. The first-order chi connectivity index (χ1) is 6.20. The molecule has 0 aromatic heterocycles. The van der Waals surface area contributed by atoms with E-state index >= 15 is 0 Å². The van der Waals surface area contributed by atoms with Crippen LogP contribution in [0.15, 0.2) is 0 Å². The van der Waals surface area contributed by atoms with Gasteiger partial charge in [-0.25, -0.2) is 0 Å². The number of ether oxygens (including phenoxy) is 1. The van der Waals surface area contributed by atoms with Gasteiger partial charge in [-0.2, -0.15) is 0 Å². The third-order valence-corrected chi connectivity index (χ3v) is 2.74. The summed E-state index contributed by atoms with van der Waals surface area (Å²) in [6, 6.07) is 0. The summed E-state index contributed by atoms with van der Waals surface area (Å²) in [6.45, 7) is 1.85. The van der Waals surface area contributed by atoms with Gasteiger partial charge in [0, 0.05) is 5.92 Å². The maximum absolute atomic E-state index is 11.7. The van der Waals surface area contributed by atoms with Gasteiger partial charge in [0.05, 0.1) is 7.11 Å². The summed E-state index contributed by atoms with van der Waals surface area (Å²) in [6.07, 6.45) is 3.58. The zero-order valence-electron chi connectivity index (χ0n) is 8.21. The molecule has 1 rings (SSSR count). The molecule has 1 aliphatic carbocycles. The van der Waals surface area contributed by atoms with E-state index in [-0.39, 0.29) is 17.7 Å². The van der Waals surface area contributed by atoms with Crippen LogP contribution in [0, 0.1) is 11.8 Å². The van der Waals surface area contributed by atoms with Gasteiger partial charge in [0.2, 0.25) is 0 Å². The number of hydrogen-bond acceptors (Lipinski definition) is 3. The Balaban J connectivity index is 2.54. The molecule has 0 bridgehead atoms. The van der Waals surface area contributed by atoms with Crippen molar-refractivity contribution in [2.24, 2.45) is 11.8 Å². The van der Waals surface area contributed by atoms with Crippen molar-refractivity contribution in [3.63, 3.8) is 0 Å². The average Bonchev–Trinajstić information content (AvgIpc) is 2.02. The summed E-state index contributed by atoms with van der Waals surface area (Å²) in [4.78, 5) is 22.8. The van der Waals surface area contributed by atoms with Crippen LogP contribution in [0.25, 0.3) is 0 Å². The van der Waals surface area contributed by atoms with Crippen LogP contribution in [0.1, 0.15) is 32.6 Å². The van der Waals surface area contributed by atoms with Crippen molar-refractivity contribution in [2.45, 2.75) is 32.6 Å². The van der Waals surface area contributed by atoms with E-state index < -0.39 is 5.92 Å². The van der Waals surface area contributed by atoms with Crippen LogP contribution >= 0.6 is 0 Å². The zero-order chi connectivity index (χ0) is 9.84. The third-order valence-electron chi connectivity index (χ3n) is 2.74. The van der Waals surface area contributed by atoms with Crippen LogP contribution in [-0.4, -0.2) is 18.9 Å². The van der Waals surface area contributed by atoms with Crippen molar-refractivity contribution >= 4 is 11.8 Å². The second kappa shape index (κ2) is 4.40. The van der Waals surface area contributed by atoms with Crippen molar-refractivity contribution in [1.82, 2.24) is 0 Å². The van der Waals surface area contributed by atoms with E-state index in [0.717, 1.165) is 19.3 Å². The Morgan fingerprint density at radius 3 is 2.38 bits per heavy atom. The number of Topliss-reactive ketones (excluding diaryl/α,β-unsaturated/α-hetero) is 1. The topological polar surface area (TPSA) is 43.4 Å². The number of esters is 1. The summed E-state index contributed by atoms with van der Waals surface area (Å²) in [5.41, 5.74) is 0. The fourth-order valence-electron chi connectivity index (χ4n) is 1.60. The molecular formula is C10H16O3. The smallest absolute Gasteiger partial charge is 0.316 e. The molecule has 1 fully saturated rings. The van der Waals surface area contributed by atoms with Gasteiger partial charge in [0.25, 0.3) is 0 Å². The second-order valence-electron chi connectivity index (χ2n) is 3.51. The van der Waals surface area contributed by atoms with E-state index in [1.54, 1.807) is 0 Å². The SMILES string of the molecule is CCC(C(=O)OC)C(=O)C1CCC1. The highest BCUT2D eigenvalue weighted by atomic mass is 16.5. The normalized spacial score (nSPS) is 18.9. The molecule has 0 aromatic rings. The lowest BCUT2D eigenvalue weighted by molar-refractivity contribution is -0.151. The van der Waals surface area contributed by atoms with Gasteiger partial charge in [-0.15, -0.1) is 0 Å². The molecule has 0 aromatic carbocycles. The first-order valence-electron chi connectivity index (χ1n) is 4.82. The molecule has 0 radical (unpaired) electrons. The molecule has 1 atom stereocenters. The van der Waals surface area contributed by atoms with Crippen LogP contribution in [0.4, 0.5) is 0 Å². The van der Waals surface area contributed by atoms with Crippen molar-refractivity contribution in [1.29, 1.82) is 0 Å². The highest BCUT2D eigenvalue weighted by Crippen LogP contribution is 2.30. The van der Waals surface area contributed by atoms with Gasteiger partial charge in [-0.3, -0.25) is 9.59 Å². The summed E-state index contributed by atoms with van der Waals surface area (Å²) in [5.74, 6) is -0.681. The molecule has 1 saturated carbocycles. The second-order valence-corrected chi connectivity index (χ2v) is 3.51. The largest absolute Gasteiger partial charge is 0.468 e. The zero-order valence-corrected chi connectivity index (χ0v) is 8.21. The molecule has 13 heavy (non-hydrogen) atoms. The van der Waals surface area contributed by atoms with Gasteiger partial charge < -0.3 is 4.74 Å². The quantitative estimate of drug-likeness (QED) is 0.492. The number of methoxy groups -OCH3 is 1. The number of hydrogen-bond donors (Lipinski definition) is 0. The molecule has 1 unspecified atom stereocenters. The van der Waals surface area contributed by atoms with E-state index in [2.05, 4.69) is 4.74 Å². The lowest BCUT2D eigenvalue weighted by Gasteiger charge is -2.26. The Hall–Kier alpha value is -0.860. The number of ketones is 1. The van der Waals surface area contributed by atoms with Gasteiger partial charge >= 0.3 is 5.97 Å². The minimum Gasteiger partial charge on any atom is -0.468 e. The Morgan fingerprint density at radius 1 is 1.46 bits per heavy atom. The van der Waals surface area contributed by atoms with Crippen LogP contribution in [0.2, 0.25) is 0 Å². The average molecular weight is 184 g/mol. The van der Waals surface area contributed by atoms with Crippen molar-refractivity contribution < 1.29 is 14.3 Å². The van der Waals surface area contributed by atoms with E-state index in [4.69, 9.17) is 0 Å². The molecule has 3 heteroatoms. The van der Waals surface area contributed by atoms with Crippen LogP contribution in [-0.2, 0) is 14.3 Å². The fraction of sp³-hybridized carbons (Fsp3) is 0.800. The molecule has 0 spiro atoms. The van der Waals surface area contributed by atoms with Gasteiger partial charge in [0.15, 0.2) is 0 Å². The molecule has 1 aliphatic rings. The number of carbonyl (C=O) groups is 2. The lowest BCUT2D eigenvalue weighted by atomic mass is 9.77. The van der Waals surface area contributed by atoms with Crippen LogP contribution in [0.5, 0.6) is 0 Å². The maximum atomic E-state index is 11.7. The predicted octanol–water partition coefficient (Wildman–Crippen LogP) is 1.55. The molecule has 0 saturated heterocycles. The lowest BCUT2D eigenvalue weighted by Crippen LogP contribution is -2.33. The minimum absolute atomic E-state index is 0.0839. The van der Waals surface area contributed by atoms with Crippen molar-refractivity contribution in [2.75, 3.05) is 7.11 Å². The molecule has 0 amide bonds. The maximum Gasteiger partial charge on any atom is 0.316 e. The van der Waals surface area contributed by atoms with E-state index in [0.29, 0.717) is 6.42 Å². The third kappa shape index (κ3) is 2.08. The summed E-state index contributed by atoms with van der Waals surface area (Å²) in [7, 11) is 1.33. The van der Waals surface area contributed by atoms with E-state index in [1.807, 2.05) is 6.92 Å². The predicted molar refractivity (Wildman–Crippen MR) is 48.1 cm³/mol. The fourth-order valence-corrected chi connectivity index (χ4v) is 1.60. The molecule has 0 N–H and O–H groups in total. The molecule has 74 valence electrons. The van der Waals surface area contributed by atoms with E-state index in [9.17, 15) is 9.59 Å². The van der Waals surface area contributed by atoms with Gasteiger partial charge in [-0.05, 0) is 19.3 Å². The monoisotopic (exact) mass is 184 g/mol. The Bertz CT molecular complexity index is 206. The van der Waals surface area contributed by atoms with Crippen molar-refractivity contribution in [3.05, 3.63) is 0 Å². The Labute approximate surface area is 78.5 Å². The molecular weight excluding hydrogens is 168 g/mol. The van der Waals surface area contributed by atoms with Crippen LogP contribution < -0.4 is 0 Å². The summed E-state index contributed by atoms with van der Waals surface area (Å²) >= 11 is 0. The number of carbonyl (C=O) groups excluding carboxylic acids is 2. The molecule has 0 aliphatic heterocycles. The molecule has 0 heterocycles. The first-order valence-corrected chi connectivity index (χ1v) is 4.82. The Morgan fingerprint density at radius 2 is 2.08 bits per heavy atom. The first kappa shape index (κ1) is 10.2. The highest BCUT2D eigenvalue weighted by molar-refractivity contribution is 6.00. The van der Waals surface area contributed by atoms with Gasteiger partial charge in [-0.1, -0.05) is 13.3 Å². The van der Waals surface area contributed by atoms with Crippen LogP contribution in [0.3, 0.4) is 0 Å². The highest BCUT2D eigenvalue weighted by Gasteiger charge is 2.34. The minimum atomic E-state index is -0.518. The van der Waals surface area contributed by atoms with Crippen molar-refractivity contribution in [3.8, 4) is 0 Å².